The first-order valence-electron chi connectivity index (χ1n) is 7.37. The van der Waals surface area contributed by atoms with E-state index in [0.29, 0.717) is 5.92 Å². The molecule has 0 saturated heterocycles. The lowest BCUT2D eigenvalue weighted by atomic mass is 9.91. The zero-order valence-corrected chi connectivity index (χ0v) is 12.1. The summed E-state index contributed by atoms with van der Waals surface area (Å²) in [5, 5.41) is 2.33. The quantitative estimate of drug-likeness (QED) is 0.720. The van der Waals surface area contributed by atoms with Crippen LogP contribution in [0.1, 0.15) is 38.3 Å². The van der Waals surface area contributed by atoms with Gasteiger partial charge in [0.25, 0.3) is 0 Å². The van der Waals surface area contributed by atoms with Gasteiger partial charge in [-0.3, -0.25) is 0 Å². The van der Waals surface area contributed by atoms with Crippen molar-refractivity contribution in [3.05, 3.63) is 48.0 Å². The lowest BCUT2D eigenvalue weighted by Crippen LogP contribution is -2.18. The molecule has 2 N–H and O–H groups in total. The molecule has 1 aromatic heterocycles. The van der Waals surface area contributed by atoms with Crippen molar-refractivity contribution in [3.8, 4) is 0 Å². The second-order valence-electron chi connectivity index (χ2n) is 5.65. The maximum absolute atomic E-state index is 6.40. The molecule has 3 aromatic rings. The van der Waals surface area contributed by atoms with Crippen molar-refractivity contribution in [2.24, 2.45) is 11.7 Å². The van der Waals surface area contributed by atoms with Crippen molar-refractivity contribution in [1.29, 1.82) is 0 Å². The molecule has 2 nitrogen and oxygen atoms in total. The molecule has 3 rings (SSSR count). The fourth-order valence-electron chi connectivity index (χ4n) is 2.91. The third-order valence-electron chi connectivity index (χ3n) is 4.14. The van der Waals surface area contributed by atoms with Crippen LogP contribution in [0, 0.1) is 5.92 Å². The molecule has 0 aliphatic heterocycles. The fourth-order valence-corrected chi connectivity index (χ4v) is 2.91. The Balaban J connectivity index is 2.07. The van der Waals surface area contributed by atoms with Crippen LogP contribution in [0.3, 0.4) is 0 Å². The first-order valence-corrected chi connectivity index (χ1v) is 7.37. The Morgan fingerprint density at radius 2 is 1.80 bits per heavy atom. The monoisotopic (exact) mass is 267 g/mol. The van der Waals surface area contributed by atoms with E-state index in [1.54, 1.807) is 0 Å². The van der Waals surface area contributed by atoms with Crippen molar-refractivity contribution in [2.45, 2.75) is 32.7 Å². The Kier molecular flexibility index (Phi) is 3.49. The largest absolute Gasteiger partial charge is 0.456 e. The predicted molar refractivity (Wildman–Crippen MR) is 84.7 cm³/mol. The summed E-state index contributed by atoms with van der Waals surface area (Å²) in [5.41, 5.74) is 9.47. The van der Waals surface area contributed by atoms with Gasteiger partial charge in [-0.25, -0.2) is 0 Å². The third kappa shape index (κ3) is 2.20. The number of hydrogen-bond acceptors (Lipinski definition) is 2. The van der Waals surface area contributed by atoms with E-state index in [1.165, 1.54) is 17.4 Å². The topological polar surface area (TPSA) is 39.2 Å². The zero-order valence-electron chi connectivity index (χ0n) is 12.1. The van der Waals surface area contributed by atoms with Gasteiger partial charge in [-0.15, -0.1) is 0 Å². The minimum absolute atomic E-state index is 0.0908. The Morgan fingerprint density at radius 3 is 2.60 bits per heavy atom. The molecule has 0 radical (unpaired) electrons. The summed E-state index contributed by atoms with van der Waals surface area (Å²) in [6, 6.07) is 14.6. The van der Waals surface area contributed by atoms with Crippen molar-refractivity contribution in [2.75, 3.05) is 0 Å². The molecule has 0 aliphatic carbocycles. The molecule has 0 fully saturated rings. The highest BCUT2D eigenvalue weighted by molar-refractivity contribution is 6.05. The van der Waals surface area contributed by atoms with E-state index in [1.807, 2.05) is 24.3 Å². The van der Waals surface area contributed by atoms with Crippen molar-refractivity contribution >= 4 is 21.9 Å². The highest BCUT2D eigenvalue weighted by atomic mass is 16.3. The van der Waals surface area contributed by atoms with Crippen LogP contribution in [0.5, 0.6) is 0 Å². The molecule has 0 spiro atoms. The van der Waals surface area contributed by atoms with Crippen molar-refractivity contribution in [3.63, 3.8) is 0 Å². The number of rotatable bonds is 4. The molecule has 0 aliphatic rings. The van der Waals surface area contributed by atoms with Crippen LogP contribution < -0.4 is 5.73 Å². The number of nitrogens with two attached hydrogens (primary N) is 1. The summed E-state index contributed by atoms with van der Waals surface area (Å²) in [7, 11) is 0. The number of benzene rings is 2. The van der Waals surface area contributed by atoms with E-state index in [-0.39, 0.29) is 6.04 Å². The van der Waals surface area contributed by atoms with Crippen LogP contribution in [0.25, 0.3) is 21.9 Å². The molecule has 0 saturated carbocycles. The highest BCUT2D eigenvalue weighted by Gasteiger charge is 2.16. The van der Waals surface area contributed by atoms with Gasteiger partial charge in [0, 0.05) is 16.8 Å². The van der Waals surface area contributed by atoms with Crippen LogP contribution in [-0.4, -0.2) is 0 Å². The molecular formula is C18H21NO. The second-order valence-corrected chi connectivity index (χ2v) is 5.65. The normalized spacial score (nSPS) is 14.8. The van der Waals surface area contributed by atoms with Crippen LogP contribution >= 0.6 is 0 Å². The summed E-state index contributed by atoms with van der Waals surface area (Å²) in [4.78, 5) is 0. The lowest BCUT2D eigenvalue weighted by molar-refractivity contribution is 0.434. The molecule has 1 heterocycles. The summed E-state index contributed by atoms with van der Waals surface area (Å²) >= 11 is 0. The fraction of sp³-hybridized carbons (Fsp3) is 0.333. The Labute approximate surface area is 119 Å². The zero-order chi connectivity index (χ0) is 14.1. The summed E-state index contributed by atoms with van der Waals surface area (Å²) < 4.78 is 5.85. The van der Waals surface area contributed by atoms with Gasteiger partial charge in [0.05, 0.1) is 0 Å². The number of hydrogen-bond donors (Lipinski definition) is 1. The first-order chi connectivity index (χ1) is 9.70. The SMILES string of the molecule is CCCC(C)C(N)c1ccc2oc3ccccc3c2c1. The Bertz CT molecular complexity index is 728. The van der Waals surface area contributed by atoms with Gasteiger partial charge >= 0.3 is 0 Å². The number of fused-ring (bicyclic) bond motifs is 3. The van der Waals surface area contributed by atoms with E-state index in [0.717, 1.165) is 23.0 Å². The lowest BCUT2D eigenvalue weighted by Gasteiger charge is -2.19. The molecule has 0 bridgehead atoms. The minimum atomic E-state index is 0.0908. The molecule has 104 valence electrons. The Morgan fingerprint density at radius 1 is 1.05 bits per heavy atom. The van der Waals surface area contributed by atoms with Crippen LogP contribution in [0.2, 0.25) is 0 Å². The van der Waals surface area contributed by atoms with Crippen LogP contribution in [-0.2, 0) is 0 Å². The van der Waals surface area contributed by atoms with Crippen LogP contribution in [0.15, 0.2) is 46.9 Å². The van der Waals surface area contributed by atoms with Gasteiger partial charge in [-0.05, 0) is 36.1 Å². The molecule has 20 heavy (non-hydrogen) atoms. The molecule has 2 atom stereocenters. The minimum Gasteiger partial charge on any atom is -0.456 e. The van der Waals surface area contributed by atoms with E-state index >= 15 is 0 Å². The average Bonchev–Trinajstić information content (AvgIpc) is 2.84. The highest BCUT2D eigenvalue weighted by Crippen LogP contribution is 2.32. The van der Waals surface area contributed by atoms with Gasteiger partial charge in [-0.1, -0.05) is 44.5 Å². The molecular weight excluding hydrogens is 246 g/mol. The van der Waals surface area contributed by atoms with Crippen molar-refractivity contribution < 1.29 is 4.42 Å². The Hall–Kier alpha value is -1.80. The maximum atomic E-state index is 6.40. The first kappa shape index (κ1) is 13.2. The third-order valence-corrected chi connectivity index (χ3v) is 4.14. The molecule has 2 aromatic carbocycles. The van der Waals surface area contributed by atoms with Gasteiger partial charge in [-0.2, -0.15) is 0 Å². The number of para-hydroxylation sites is 1. The van der Waals surface area contributed by atoms with E-state index in [9.17, 15) is 0 Å². The van der Waals surface area contributed by atoms with Gasteiger partial charge < -0.3 is 10.2 Å². The molecule has 0 amide bonds. The van der Waals surface area contributed by atoms with Crippen molar-refractivity contribution in [1.82, 2.24) is 0 Å². The standard InChI is InChI=1S/C18H21NO/c1-3-6-12(2)18(19)13-9-10-17-15(11-13)14-7-4-5-8-16(14)20-17/h4-5,7-12,18H,3,6,19H2,1-2H3. The molecule has 2 heteroatoms. The van der Waals surface area contributed by atoms with E-state index < -0.39 is 0 Å². The number of furan rings is 1. The predicted octanol–water partition coefficient (Wildman–Crippen LogP) is 5.02. The maximum Gasteiger partial charge on any atom is 0.135 e. The van der Waals surface area contributed by atoms with E-state index in [4.69, 9.17) is 10.2 Å². The van der Waals surface area contributed by atoms with Gasteiger partial charge in [0.1, 0.15) is 11.2 Å². The summed E-state index contributed by atoms with van der Waals surface area (Å²) in [6.45, 7) is 4.43. The van der Waals surface area contributed by atoms with Crippen LogP contribution in [0.4, 0.5) is 0 Å². The second kappa shape index (κ2) is 5.29. The molecule has 2 unspecified atom stereocenters. The summed E-state index contributed by atoms with van der Waals surface area (Å²) in [6.07, 6.45) is 2.33. The average molecular weight is 267 g/mol. The van der Waals surface area contributed by atoms with E-state index in [2.05, 4.69) is 32.0 Å². The smallest absolute Gasteiger partial charge is 0.135 e. The van der Waals surface area contributed by atoms with Gasteiger partial charge in [0.2, 0.25) is 0 Å². The van der Waals surface area contributed by atoms with Gasteiger partial charge in [0.15, 0.2) is 0 Å². The summed E-state index contributed by atoms with van der Waals surface area (Å²) in [5.74, 6) is 0.496.